The fourth-order valence-electron chi connectivity index (χ4n) is 5.42. The predicted molar refractivity (Wildman–Crippen MR) is 140 cm³/mol. The molecule has 0 N–H and O–H groups in total. The maximum Gasteiger partial charge on any atom is 0.166 e. The molecule has 0 unspecified atom stereocenters. The van der Waals surface area contributed by atoms with Gasteiger partial charge in [-0.3, -0.25) is 0 Å². The van der Waals surface area contributed by atoms with Gasteiger partial charge in [-0.2, -0.15) is 0 Å². The van der Waals surface area contributed by atoms with Crippen LogP contribution in [0.2, 0.25) is 0 Å². The van der Waals surface area contributed by atoms with Crippen LogP contribution in [0.15, 0.2) is 61.2 Å². The molecule has 0 nitrogen and oxygen atoms in total. The van der Waals surface area contributed by atoms with Crippen molar-refractivity contribution in [1.29, 1.82) is 0 Å². The van der Waals surface area contributed by atoms with Crippen molar-refractivity contribution in [2.24, 2.45) is 5.92 Å². The molecule has 1 aliphatic carbocycles. The van der Waals surface area contributed by atoms with Gasteiger partial charge in [0.05, 0.1) is 0 Å². The molecule has 0 aliphatic heterocycles. The van der Waals surface area contributed by atoms with Gasteiger partial charge in [0, 0.05) is 11.1 Å². The molecule has 0 heterocycles. The highest BCUT2D eigenvalue weighted by Crippen LogP contribution is 2.40. The molecule has 0 bridgehead atoms. The van der Waals surface area contributed by atoms with E-state index in [9.17, 15) is 8.78 Å². The fourth-order valence-corrected chi connectivity index (χ4v) is 5.42. The molecule has 1 saturated carbocycles. The molecule has 0 spiro atoms. The molecule has 3 aromatic rings. The Morgan fingerprint density at radius 2 is 1.33 bits per heavy atom. The molecular weight excluding hydrogens is 460 g/mol. The summed E-state index contributed by atoms with van der Waals surface area (Å²) < 4.78 is 59.5. The fraction of sp³-hybridized carbons (Fsp3) is 0.375. The lowest BCUT2D eigenvalue weighted by Gasteiger charge is -2.29. The first-order valence-corrected chi connectivity index (χ1v) is 13.1. The maximum absolute atomic E-state index is 15.1. The van der Waals surface area contributed by atoms with E-state index in [2.05, 4.69) is 6.58 Å². The second-order valence-electron chi connectivity index (χ2n) is 10.00. The number of benzene rings is 3. The molecule has 0 saturated heterocycles. The zero-order valence-corrected chi connectivity index (χ0v) is 20.9. The van der Waals surface area contributed by atoms with E-state index in [1.54, 1.807) is 48.5 Å². The van der Waals surface area contributed by atoms with E-state index in [1.165, 1.54) is 0 Å². The molecule has 4 heteroatoms. The Labute approximate surface area is 212 Å². The van der Waals surface area contributed by atoms with E-state index in [4.69, 9.17) is 0 Å². The zero-order chi connectivity index (χ0) is 25.7. The number of hydrogen-bond donors (Lipinski definition) is 0. The average molecular weight is 495 g/mol. The first-order valence-electron chi connectivity index (χ1n) is 13.1. The van der Waals surface area contributed by atoms with Crippen molar-refractivity contribution in [3.05, 3.63) is 95.6 Å². The van der Waals surface area contributed by atoms with Crippen LogP contribution in [0.3, 0.4) is 0 Å². The Balaban J connectivity index is 1.52. The maximum atomic E-state index is 15.1. The van der Waals surface area contributed by atoms with E-state index >= 15 is 8.78 Å². The van der Waals surface area contributed by atoms with Crippen molar-refractivity contribution in [2.75, 3.05) is 0 Å². The minimum absolute atomic E-state index is 0.0362. The quantitative estimate of drug-likeness (QED) is 0.205. The first kappa shape index (κ1) is 26.2. The predicted octanol–water partition coefficient (Wildman–Crippen LogP) is 10.2. The minimum atomic E-state index is -0.878. The number of halogens is 4. The van der Waals surface area contributed by atoms with Crippen LogP contribution in [0.5, 0.6) is 0 Å². The van der Waals surface area contributed by atoms with Crippen molar-refractivity contribution in [3.63, 3.8) is 0 Å². The zero-order valence-electron chi connectivity index (χ0n) is 20.9. The third-order valence-corrected chi connectivity index (χ3v) is 7.65. The molecular formula is C32H34F4. The minimum Gasteiger partial charge on any atom is -0.203 e. The summed E-state index contributed by atoms with van der Waals surface area (Å²) in [7, 11) is 0. The van der Waals surface area contributed by atoms with E-state index in [-0.39, 0.29) is 17.0 Å². The van der Waals surface area contributed by atoms with Crippen LogP contribution < -0.4 is 0 Å². The molecule has 3 aromatic carbocycles. The summed E-state index contributed by atoms with van der Waals surface area (Å²) in [5.74, 6) is -2.65. The van der Waals surface area contributed by atoms with E-state index in [1.807, 2.05) is 13.0 Å². The molecule has 0 radical (unpaired) electrons. The van der Waals surface area contributed by atoms with Crippen molar-refractivity contribution < 1.29 is 17.6 Å². The third-order valence-electron chi connectivity index (χ3n) is 7.65. The van der Waals surface area contributed by atoms with Gasteiger partial charge in [-0.15, -0.1) is 6.58 Å². The van der Waals surface area contributed by atoms with Crippen LogP contribution >= 0.6 is 0 Å². The molecule has 36 heavy (non-hydrogen) atoms. The summed E-state index contributed by atoms with van der Waals surface area (Å²) in [4.78, 5) is 0. The van der Waals surface area contributed by atoms with Crippen molar-refractivity contribution in [1.82, 2.24) is 0 Å². The van der Waals surface area contributed by atoms with Gasteiger partial charge in [0.1, 0.15) is 0 Å². The Hall–Kier alpha value is -2.88. The Kier molecular flexibility index (Phi) is 8.66. The number of rotatable bonds is 9. The summed E-state index contributed by atoms with van der Waals surface area (Å²) in [6.07, 6.45) is 10.0. The van der Waals surface area contributed by atoms with Gasteiger partial charge in [0.2, 0.25) is 0 Å². The van der Waals surface area contributed by atoms with Crippen LogP contribution in [0, 0.1) is 29.2 Å². The van der Waals surface area contributed by atoms with Gasteiger partial charge in [-0.1, -0.05) is 68.0 Å². The van der Waals surface area contributed by atoms with Gasteiger partial charge in [-0.25, -0.2) is 17.6 Å². The van der Waals surface area contributed by atoms with Gasteiger partial charge >= 0.3 is 0 Å². The number of unbranched alkanes of at least 4 members (excludes halogenated alkanes) is 1. The van der Waals surface area contributed by atoms with Crippen LogP contribution in [-0.4, -0.2) is 0 Å². The number of hydrogen-bond acceptors (Lipinski definition) is 0. The number of aryl methyl sites for hydroxylation is 1. The van der Waals surface area contributed by atoms with Gasteiger partial charge < -0.3 is 0 Å². The standard InChI is InChI=1S/C32H34F4/c1-3-5-7-21-9-11-22(12-10-21)27-19-20-28(32(36)31(27)35)24-15-13-23(14-16-24)26-18-17-25(8-6-4-2)29(33)30(26)34/h3,13-22H,1,4-12H2,2H3. The highest BCUT2D eigenvalue weighted by Gasteiger charge is 2.26. The molecule has 0 atom stereocenters. The van der Waals surface area contributed by atoms with Crippen molar-refractivity contribution >= 4 is 0 Å². The van der Waals surface area contributed by atoms with Gasteiger partial charge in [0.15, 0.2) is 23.3 Å². The van der Waals surface area contributed by atoms with Crippen LogP contribution in [-0.2, 0) is 6.42 Å². The van der Waals surface area contributed by atoms with Crippen LogP contribution in [0.1, 0.15) is 75.3 Å². The molecule has 1 aliphatic rings. The molecule has 4 rings (SSSR count). The topological polar surface area (TPSA) is 0 Å². The smallest absolute Gasteiger partial charge is 0.166 e. The molecule has 1 fully saturated rings. The summed E-state index contributed by atoms with van der Waals surface area (Å²) in [5.41, 5.74) is 2.14. The number of allylic oxidation sites excluding steroid dienone is 1. The summed E-state index contributed by atoms with van der Waals surface area (Å²) in [5, 5.41) is 0. The largest absolute Gasteiger partial charge is 0.203 e. The Morgan fingerprint density at radius 1 is 0.750 bits per heavy atom. The van der Waals surface area contributed by atoms with E-state index in [0.29, 0.717) is 34.6 Å². The van der Waals surface area contributed by atoms with E-state index in [0.717, 1.165) is 51.4 Å². The summed E-state index contributed by atoms with van der Waals surface area (Å²) >= 11 is 0. The highest BCUT2D eigenvalue weighted by molar-refractivity contribution is 5.71. The second-order valence-corrected chi connectivity index (χ2v) is 10.00. The SMILES string of the molecule is C=CCCC1CCC(c2ccc(-c3ccc(-c4ccc(CCCC)c(F)c4F)cc3)c(F)c2F)CC1. The Bertz CT molecular complexity index is 1190. The Morgan fingerprint density at radius 3 is 1.92 bits per heavy atom. The van der Waals surface area contributed by atoms with E-state index < -0.39 is 23.3 Å². The molecule has 0 aromatic heterocycles. The van der Waals surface area contributed by atoms with Crippen LogP contribution in [0.4, 0.5) is 17.6 Å². The highest BCUT2D eigenvalue weighted by atomic mass is 19.2. The van der Waals surface area contributed by atoms with Gasteiger partial charge in [-0.05, 0) is 85.5 Å². The molecule has 0 amide bonds. The lowest BCUT2D eigenvalue weighted by atomic mass is 9.77. The lowest BCUT2D eigenvalue weighted by Crippen LogP contribution is -2.15. The first-order chi connectivity index (χ1) is 17.4. The van der Waals surface area contributed by atoms with Crippen LogP contribution in [0.25, 0.3) is 22.3 Å². The third kappa shape index (κ3) is 5.58. The molecule has 190 valence electrons. The second kappa shape index (κ2) is 11.9. The average Bonchev–Trinajstić information content (AvgIpc) is 2.90. The summed E-state index contributed by atoms with van der Waals surface area (Å²) in [6.45, 7) is 5.78. The summed E-state index contributed by atoms with van der Waals surface area (Å²) in [6, 6.07) is 13.0. The van der Waals surface area contributed by atoms with Crippen molar-refractivity contribution in [2.45, 2.75) is 70.6 Å². The lowest BCUT2D eigenvalue weighted by molar-refractivity contribution is 0.306. The van der Waals surface area contributed by atoms with Gasteiger partial charge in [0.25, 0.3) is 0 Å². The normalized spacial score (nSPS) is 17.8. The van der Waals surface area contributed by atoms with Crippen molar-refractivity contribution in [3.8, 4) is 22.3 Å². The monoisotopic (exact) mass is 494 g/mol.